The summed E-state index contributed by atoms with van der Waals surface area (Å²) in [6.07, 6.45) is 0.875. The molecule has 0 saturated carbocycles. The lowest BCUT2D eigenvalue weighted by molar-refractivity contribution is -0.139. The Labute approximate surface area is 119 Å². The molecular formula is C14H20ClFN2O. The van der Waals surface area contributed by atoms with E-state index < -0.39 is 0 Å². The molecule has 1 unspecified atom stereocenters. The molecule has 1 aromatic carbocycles. The van der Waals surface area contributed by atoms with Gasteiger partial charge in [-0.2, -0.15) is 0 Å². The Balaban J connectivity index is 0.00000180. The Morgan fingerprint density at radius 3 is 2.58 bits per heavy atom. The van der Waals surface area contributed by atoms with E-state index >= 15 is 0 Å². The summed E-state index contributed by atoms with van der Waals surface area (Å²) in [5, 5.41) is 3.22. The Kier molecular flexibility index (Phi) is 5.32. The molecule has 1 atom stereocenters. The largest absolute Gasteiger partial charge is 0.341 e. The zero-order chi connectivity index (χ0) is 13.2. The summed E-state index contributed by atoms with van der Waals surface area (Å²) in [6, 6.07) is 6.28. The Hall–Kier alpha value is -1.13. The third kappa shape index (κ3) is 3.67. The van der Waals surface area contributed by atoms with Gasteiger partial charge in [-0.1, -0.05) is 12.1 Å². The number of nitrogens with one attached hydrogen (secondary N) is 1. The zero-order valence-electron chi connectivity index (χ0n) is 11.3. The van der Waals surface area contributed by atoms with Crippen molar-refractivity contribution < 1.29 is 9.18 Å². The standard InChI is InChI=1S/C14H19FN2O.ClH/c1-14(7-8-16-10-14)13(18)17(2)9-11-3-5-12(15)6-4-11;/h3-6,16H,7-10H2,1-2H3;1H. The van der Waals surface area contributed by atoms with Gasteiger partial charge in [0.2, 0.25) is 5.91 Å². The van der Waals surface area contributed by atoms with Crippen LogP contribution in [0.2, 0.25) is 0 Å². The highest BCUT2D eigenvalue weighted by molar-refractivity contribution is 5.85. The van der Waals surface area contributed by atoms with Gasteiger partial charge in [-0.05, 0) is 37.6 Å². The van der Waals surface area contributed by atoms with Crippen LogP contribution in [0.4, 0.5) is 4.39 Å². The number of benzene rings is 1. The second-order valence-electron chi connectivity index (χ2n) is 5.28. The van der Waals surface area contributed by atoms with Crippen molar-refractivity contribution in [3.63, 3.8) is 0 Å². The quantitative estimate of drug-likeness (QED) is 0.924. The first-order chi connectivity index (χ1) is 8.51. The molecule has 1 saturated heterocycles. The lowest BCUT2D eigenvalue weighted by Crippen LogP contribution is -2.41. The molecule has 1 heterocycles. The van der Waals surface area contributed by atoms with Crippen molar-refractivity contribution in [3.05, 3.63) is 35.6 Å². The number of amides is 1. The van der Waals surface area contributed by atoms with Gasteiger partial charge in [0.15, 0.2) is 0 Å². The second-order valence-corrected chi connectivity index (χ2v) is 5.28. The number of rotatable bonds is 3. The lowest BCUT2D eigenvalue weighted by atomic mass is 9.88. The fraction of sp³-hybridized carbons (Fsp3) is 0.500. The van der Waals surface area contributed by atoms with E-state index in [0.717, 1.165) is 25.1 Å². The minimum Gasteiger partial charge on any atom is -0.341 e. The summed E-state index contributed by atoms with van der Waals surface area (Å²) in [6.45, 7) is 4.15. The summed E-state index contributed by atoms with van der Waals surface area (Å²) < 4.78 is 12.8. The molecule has 19 heavy (non-hydrogen) atoms. The van der Waals surface area contributed by atoms with Crippen LogP contribution in [0.3, 0.4) is 0 Å². The lowest BCUT2D eigenvalue weighted by Gasteiger charge is -2.28. The highest BCUT2D eigenvalue weighted by atomic mass is 35.5. The Bertz CT molecular complexity index is 430. The molecule has 0 radical (unpaired) electrons. The van der Waals surface area contributed by atoms with Crippen LogP contribution in [0.15, 0.2) is 24.3 Å². The van der Waals surface area contributed by atoms with Crippen LogP contribution in [0.25, 0.3) is 0 Å². The van der Waals surface area contributed by atoms with E-state index in [0.29, 0.717) is 6.54 Å². The molecule has 1 aliphatic rings. The normalized spacial score (nSPS) is 21.8. The maximum absolute atomic E-state index is 12.8. The van der Waals surface area contributed by atoms with Crippen LogP contribution in [0.5, 0.6) is 0 Å². The van der Waals surface area contributed by atoms with E-state index in [1.54, 1.807) is 24.1 Å². The SMILES string of the molecule is CN(Cc1ccc(F)cc1)C(=O)C1(C)CCNC1.Cl. The molecule has 1 aromatic rings. The van der Waals surface area contributed by atoms with Crippen LogP contribution in [0, 0.1) is 11.2 Å². The Morgan fingerprint density at radius 2 is 2.05 bits per heavy atom. The van der Waals surface area contributed by atoms with Crippen molar-refractivity contribution in [3.8, 4) is 0 Å². The minimum atomic E-state index is -0.297. The van der Waals surface area contributed by atoms with E-state index in [1.165, 1.54) is 12.1 Å². The van der Waals surface area contributed by atoms with E-state index in [4.69, 9.17) is 0 Å². The van der Waals surface area contributed by atoms with Gasteiger partial charge in [-0.25, -0.2) is 4.39 Å². The molecular weight excluding hydrogens is 267 g/mol. The summed E-state index contributed by atoms with van der Waals surface area (Å²) in [4.78, 5) is 14.1. The average Bonchev–Trinajstić information content (AvgIpc) is 2.79. The smallest absolute Gasteiger partial charge is 0.229 e. The molecule has 3 nitrogen and oxygen atoms in total. The van der Waals surface area contributed by atoms with Gasteiger partial charge in [-0.15, -0.1) is 12.4 Å². The van der Waals surface area contributed by atoms with Gasteiger partial charge in [0, 0.05) is 20.1 Å². The average molecular weight is 287 g/mol. The maximum Gasteiger partial charge on any atom is 0.229 e. The highest BCUT2D eigenvalue weighted by Crippen LogP contribution is 2.27. The molecule has 0 spiro atoms. The molecule has 1 aliphatic heterocycles. The third-order valence-electron chi connectivity index (χ3n) is 3.56. The van der Waals surface area contributed by atoms with Crippen LogP contribution in [-0.2, 0) is 11.3 Å². The fourth-order valence-electron chi connectivity index (χ4n) is 2.40. The molecule has 2 rings (SSSR count). The highest BCUT2D eigenvalue weighted by Gasteiger charge is 2.38. The van der Waals surface area contributed by atoms with Crippen molar-refractivity contribution in [1.29, 1.82) is 0 Å². The van der Waals surface area contributed by atoms with Crippen LogP contribution < -0.4 is 5.32 Å². The van der Waals surface area contributed by atoms with Gasteiger partial charge >= 0.3 is 0 Å². The van der Waals surface area contributed by atoms with Crippen molar-refractivity contribution in [1.82, 2.24) is 10.2 Å². The van der Waals surface area contributed by atoms with Crippen LogP contribution in [0.1, 0.15) is 18.9 Å². The minimum absolute atomic E-state index is 0. The van der Waals surface area contributed by atoms with E-state index in [1.807, 2.05) is 6.92 Å². The molecule has 1 amide bonds. The number of halogens is 2. The molecule has 5 heteroatoms. The van der Waals surface area contributed by atoms with Crippen LogP contribution in [-0.4, -0.2) is 30.9 Å². The summed E-state index contributed by atoms with van der Waals surface area (Å²) in [5.74, 6) is -0.100. The predicted molar refractivity (Wildman–Crippen MR) is 75.7 cm³/mol. The molecule has 0 aliphatic carbocycles. The summed E-state index contributed by atoms with van der Waals surface area (Å²) in [7, 11) is 1.80. The number of hydrogen-bond acceptors (Lipinski definition) is 2. The molecule has 0 aromatic heterocycles. The third-order valence-corrected chi connectivity index (χ3v) is 3.56. The fourth-order valence-corrected chi connectivity index (χ4v) is 2.40. The first-order valence-corrected chi connectivity index (χ1v) is 6.22. The van der Waals surface area contributed by atoms with E-state index in [-0.39, 0.29) is 29.5 Å². The number of carbonyl (C=O) groups is 1. The van der Waals surface area contributed by atoms with Crippen molar-refractivity contribution >= 4 is 18.3 Å². The topological polar surface area (TPSA) is 32.3 Å². The predicted octanol–water partition coefficient (Wildman–Crippen LogP) is 2.21. The van der Waals surface area contributed by atoms with Crippen molar-refractivity contribution in [2.45, 2.75) is 19.9 Å². The van der Waals surface area contributed by atoms with E-state index in [9.17, 15) is 9.18 Å². The van der Waals surface area contributed by atoms with Gasteiger partial charge in [0.25, 0.3) is 0 Å². The maximum atomic E-state index is 12.8. The van der Waals surface area contributed by atoms with Gasteiger partial charge in [0.05, 0.1) is 5.41 Å². The molecule has 1 fully saturated rings. The number of nitrogens with zero attached hydrogens (tertiary/aromatic N) is 1. The Morgan fingerprint density at radius 1 is 1.42 bits per heavy atom. The van der Waals surface area contributed by atoms with Crippen LogP contribution >= 0.6 is 12.4 Å². The summed E-state index contributed by atoms with van der Waals surface area (Å²) in [5.41, 5.74) is 0.649. The second kappa shape index (κ2) is 6.35. The molecule has 0 bridgehead atoms. The van der Waals surface area contributed by atoms with Crippen molar-refractivity contribution in [2.24, 2.45) is 5.41 Å². The molecule has 1 N–H and O–H groups in total. The first kappa shape index (κ1) is 15.9. The van der Waals surface area contributed by atoms with Gasteiger partial charge < -0.3 is 10.2 Å². The number of carbonyl (C=O) groups excluding carboxylic acids is 1. The number of hydrogen-bond donors (Lipinski definition) is 1. The monoisotopic (exact) mass is 286 g/mol. The van der Waals surface area contributed by atoms with Gasteiger partial charge in [0.1, 0.15) is 5.82 Å². The molecule has 106 valence electrons. The zero-order valence-corrected chi connectivity index (χ0v) is 12.1. The van der Waals surface area contributed by atoms with E-state index in [2.05, 4.69) is 5.32 Å². The van der Waals surface area contributed by atoms with Crippen molar-refractivity contribution in [2.75, 3.05) is 20.1 Å². The summed E-state index contributed by atoms with van der Waals surface area (Å²) >= 11 is 0. The first-order valence-electron chi connectivity index (χ1n) is 6.22. The van der Waals surface area contributed by atoms with Gasteiger partial charge in [-0.3, -0.25) is 4.79 Å².